The Labute approximate surface area is 104 Å². The number of ketones is 1. The normalized spacial score (nSPS) is 11.4. The summed E-state index contributed by atoms with van der Waals surface area (Å²) < 4.78 is 5.23. The number of benzene rings is 1. The first kappa shape index (κ1) is 13.8. The molecule has 0 fully saturated rings. The van der Waals surface area contributed by atoms with Gasteiger partial charge in [0.25, 0.3) is 0 Å². The van der Waals surface area contributed by atoms with Crippen LogP contribution in [0.15, 0.2) is 18.2 Å². The van der Waals surface area contributed by atoms with Crippen molar-refractivity contribution < 1.29 is 9.53 Å². The molecule has 17 heavy (non-hydrogen) atoms. The summed E-state index contributed by atoms with van der Waals surface area (Å²) in [6.45, 7) is 8.42. The minimum absolute atomic E-state index is 0.193. The van der Waals surface area contributed by atoms with Gasteiger partial charge >= 0.3 is 0 Å². The van der Waals surface area contributed by atoms with E-state index in [4.69, 9.17) is 4.74 Å². The lowest BCUT2D eigenvalue weighted by Gasteiger charge is -2.17. The average Bonchev–Trinajstić information content (AvgIpc) is 2.25. The number of carbonyl (C=O) groups excluding carboxylic acids is 1. The van der Waals surface area contributed by atoms with Gasteiger partial charge in [-0.25, -0.2) is 0 Å². The molecule has 0 atom stereocenters. The Hall–Kier alpha value is -1.31. The van der Waals surface area contributed by atoms with Crippen LogP contribution in [0.3, 0.4) is 0 Å². The number of methoxy groups -OCH3 is 1. The van der Waals surface area contributed by atoms with E-state index in [1.165, 1.54) is 0 Å². The van der Waals surface area contributed by atoms with E-state index in [1.807, 2.05) is 25.1 Å². The van der Waals surface area contributed by atoms with Crippen LogP contribution in [0.2, 0.25) is 0 Å². The van der Waals surface area contributed by atoms with Crippen LogP contribution in [0.5, 0.6) is 5.75 Å². The molecule has 0 radical (unpaired) electrons. The molecule has 1 aromatic carbocycles. The molecule has 1 rings (SSSR count). The Morgan fingerprint density at radius 1 is 1.29 bits per heavy atom. The van der Waals surface area contributed by atoms with Crippen molar-refractivity contribution in [2.45, 2.75) is 40.5 Å². The van der Waals surface area contributed by atoms with Crippen LogP contribution in [0.4, 0.5) is 0 Å². The zero-order valence-corrected chi connectivity index (χ0v) is 11.5. The van der Waals surface area contributed by atoms with Crippen molar-refractivity contribution in [2.75, 3.05) is 7.11 Å². The lowest BCUT2D eigenvalue weighted by Crippen LogP contribution is -2.09. The van der Waals surface area contributed by atoms with Gasteiger partial charge in [-0.3, -0.25) is 4.79 Å². The van der Waals surface area contributed by atoms with Crippen molar-refractivity contribution >= 4 is 5.78 Å². The maximum absolute atomic E-state index is 12.0. The number of hydrogen-bond acceptors (Lipinski definition) is 2. The van der Waals surface area contributed by atoms with Crippen molar-refractivity contribution in [3.8, 4) is 5.75 Å². The van der Waals surface area contributed by atoms with Gasteiger partial charge in [-0.1, -0.05) is 32.9 Å². The zero-order valence-electron chi connectivity index (χ0n) is 11.5. The van der Waals surface area contributed by atoms with Crippen LogP contribution >= 0.6 is 0 Å². The van der Waals surface area contributed by atoms with Crippen LogP contribution in [0, 0.1) is 12.3 Å². The standard InChI is InChI=1S/C15H22O2/c1-11-6-7-12(10-14(11)17-5)13(16)8-9-15(2,3)4/h6-7,10H,8-9H2,1-5H3. The molecule has 0 saturated heterocycles. The first-order valence-electron chi connectivity index (χ1n) is 6.01. The highest BCUT2D eigenvalue weighted by atomic mass is 16.5. The molecular weight excluding hydrogens is 212 g/mol. The number of aryl methyl sites for hydroxylation is 1. The maximum Gasteiger partial charge on any atom is 0.163 e. The Kier molecular flexibility index (Phi) is 4.33. The number of hydrogen-bond donors (Lipinski definition) is 0. The van der Waals surface area contributed by atoms with Gasteiger partial charge < -0.3 is 4.74 Å². The average molecular weight is 234 g/mol. The predicted molar refractivity (Wildman–Crippen MR) is 70.8 cm³/mol. The van der Waals surface area contributed by atoms with Crippen molar-refractivity contribution in [2.24, 2.45) is 5.41 Å². The van der Waals surface area contributed by atoms with Crippen LogP contribution < -0.4 is 4.74 Å². The summed E-state index contributed by atoms with van der Waals surface area (Å²) in [6, 6.07) is 5.65. The van der Waals surface area contributed by atoms with Crippen LogP contribution in [0.25, 0.3) is 0 Å². The fourth-order valence-corrected chi connectivity index (χ4v) is 1.63. The monoisotopic (exact) mass is 234 g/mol. The van der Waals surface area contributed by atoms with Crippen molar-refractivity contribution in [3.05, 3.63) is 29.3 Å². The first-order chi connectivity index (χ1) is 7.83. The molecule has 0 spiro atoms. The highest BCUT2D eigenvalue weighted by Crippen LogP contribution is 2.24. The molecule has 0 bridgehead atoms. The highest BCUT2D eigenvalue weighted by molar-refractivity contribution is 5.96. The SMILES string of the molecule is COc1cc(C(=O)CCC(C)(C)C)ccc1C. The van der Waals surface area contributed by atoms with Crippen molar-refractivity contribution in [1.29, 1.82) is 0 Å². The lowest BCUT2D eigenvalue weighted by atomic mass is 9.88. The number of Topliss-reactive ketones (excluding diaryl/α,β-unsaturated/α-hetero) is 1. The van der Waals surface area contributed by atoms with Crippen LogP contribution in [0.1, 0.15) is 49.5 Å². The molecule has 0 saturated carbocycles. The fourth-order valence-electron chi connectivity index (χ4n) is 1.63. The van der Waals surface area contributed by atoms with E-state index in [0.29, 0.717) is 6.42 Å². The number of ether oxygens (including phenoxy) is 1. The second-order valence-electron chi connectivity index (χ2n) is 5.67. The third kappa shape index (κ3) is 4.22. The summed E-state index contributed by atoms with van der Waals surface area (Å²) in [4.78, 5) is 12.0. The molecule has 1 aromatic rings. The van der Waals surface area contributed by atoms with Gasteiger partial charge in [0.1, 0.15) is 5.75 Å². The molecule has 0 N–H and O–H groups in total. The molecule has 0 amide bonds. The van der Waals surface area contributed by atoms with Crippen molar-refractivity contribution in [3.63, 3.8) is 0 Å². The molecule has 0 unspecified atom stereocenters. The molecule has 2 nitrogen and oxygen atoms in total. The molecular formula is C15H22O2. The Morgan fingerprint density at radius 3 is 2.47 bits per heavy atom. The zero-order chi connectivity index (χ0) is 13.1. The van der Waals surface area contributed by atoms with E-state index < -0.39 is 0 Å². The molecule has 0 aromatic heterocycles. The summed E-state index contributed by atoms with van der Waals surface area (Å²) in [5, 5.41) is 0. The van der Waals surface area contributed by atoms with Gasteiger partial charge in [-0.15, -0.1) is 0 Å². The Balaban J connectivity index is 2.76. The van der Waals surface area contributed by atoms with Gasteiger partial charge in [-0.05, 0) is 30.4 Å². The quantitative estimate of drug-likeness (QED) is 0.736. The van der Waals surface area contributed by atoms with Gasteiger partial charge in [0, 0.05) is 12.0 Å². The molecule has 94 valence electrons. The summed E-state index contributed by atoms with van der Waals surface area (Å²) in [7, 11) is 1.63. The predicted octanol–water partition coefficient (Wildman–Crippen LogP) is 4.01. The van der Waals surface area contributed by atoms with E-state index in [0.717, 1.165) is 23.3 Å². The van der Waals surface area contributed by atoms with Gasteiger partial charge in [-0.2, -0.15) is 0 Å². The topological polar surface area (TPSA) is 26.3 Å². The first-order valence-corrected chi connectivity index (χ1v) is 6.01. The van der Waals surface area contributed by atoms with E-state index in [9.17, 15) is 4.79 Å². The Morgan fingerprint density at radius 2 is 1.94 bits per heavy atom. The third-order valence-electron chi connectivity index (χ3n) is 2.83. The largest absolute Gasteiger partial charge is 0.496 e. The van der Waals surface area contributed by atoms with Gasteiger partial charge in [0.15, 0.2) is 5.78 Å². The van der Waals surface area contributed by atoms with E-state index in [1.54, 1.807) is 7.11 Å². The number of carbonyl (C=O) groups is 1. The van der Waals surface area contributed by atoms with E-state index >= 15 is 0 Å². The van der Waals surface area contributed by atoms with Gasteiger partial charge in [0.2, 0.25) is 0 Å². The van der Waals surface area contributed by atoms with Crippen molar-refractivity contribution in [1.82, 2.24) is 0 Å². The molecule has 0 heterocycles. The fraction of sp³-hybridized carbons (Fsp3) is 0.533. The van der Waals surface area contributed by atoms with Gasteiger partial charge in [0.05, 0.1) is 7.11 Å². The summed E-state index contributed by atoms with van der Waals surface area (Å²) in [5.41, 5.74) is 2.00. The maximum atomic E-state index is 12.0. The second kappa shape index (κ2) is 5.35. The van der Waals surface area contributed by atoms with E-state index in [2.05, 4.69) is 20.8 Å². The number of rotatable bonds is 4. The van der Waals surface area contributed by atoms with Crippen LogP contribution in [-0.4, -0.2) is 12.9 Å². The van der Waals surface area contributed by atoms with Crippen LogP contribution in [-0.2, 0) is 0 Å². The molecule has 0 aliphatic rings. The molecule has 0 aliphatic heterocycles. The summed E-state index contributed by atoms with van der Waals surface area (Å²) in [6.07, 6.45) is 1.50. The summed E-state index contributed by atoms with van der Waals surface area (Å²) >= 11 is 0. The molecule has 0 aliphatic carbocycles. The summed E-state index contributed by atoms with van der Waals surface area (Å²) in [5.74, 6) is 0.977. The lowest BCUT2D eigenvalue weighted by molar-refractivity contribution is 0.0965. The highest BCUT2D eigenvalue weighted by Gasteiger charge is 2.14. The third-order valence-corrected chi connectivity index (χ3v) is 2.83. The smallest absolute Gasteiger partial charge is 0.163 e. The minimum Gasteiger partial charge on any atom is -0.496 e. The molecule has 2 heteroatoms. The second-order valence-corrected chi connectivity index (χ2v) is 5.67. The Bertz CT molecular complexity index is 400. The minimum atomic E-state index is 0.193. The van der Waals surface area contributed by atoms with E-state index in [-0.39, 0.29) is 11.2 Å².